The maximum atomic E-state index is 13.9. The molecule has 0 saturated carbocycles. The monoisotopic (exact) mass is 502 g/mol. The second-order valence-corrected chi connectivity index (χ2v) is 9.62. The van der Waals surface area contributed by atoms with E-state index in [1.807, 2.05) is 24.3 Å². The molecule has 37 heavy (non-hydrogen) atoms. The second-order valence-electron chi connectivity index (χ2n) is 9.62. The number of aromatic nitrogens is 3. The third-order valence-electron chi connectivity index (χ3n) is 7.90. The number of carbonyl (C=O) groups is 2. The molecule has 3 aliphatic rings. The maximum Gasteiger partial charge on any atom is 0.352 e. The summed E-state index contributed by atoms with van der Waals surface area (Å²) < 4.78 is 14.7. The van der Waals surface area contributed by atoms with Crippen molar-refractivity contribution in [3.05, 3.63) is 92.3 Å². The SMILES string of the molecule is COCC1=C2c3ccccc3[C@@H]3CNC(=O)C3(C(=O)OC)C[C@@H]2n2c(=O)n(-c3ccccc3)c(=O)n2C1. The van der Waals surface area contributed by atoms with E-state index in [4.69, 9.17) is 9.47 Å². The largest absolute Gasteiger partial charge is 0.468 e. The Morgan fingerprint density at radius 3 is 2.49 bits per heavy atom. The van der Waals surface area contributed by atoms with E-state index in [0.717, 1.165) is 26.8 Å². The molecule has 3 atom stereocenters. The molecule has 1 N–H and O–H groups in total. The number of hydrogen-bond acceptors (Lipinski definition) is 6. The minimum Gasteiger partial charge on any atom is -0.468 e. The lowest BCUT2D eigenvalue weighted by Gasteiger charge is -2.34. The van der Waals surface area contributed by atoms with Gasteiger partial charge in [-0.2, -0.15) is 0 Å². The smallest absolute Gasteiger partial charge is 0.352 e. The number of methoxy groups -OCH3 is 2. The predicted octanol–water partition coefficient (Wildman–Crippen LogP) is 1.23. The fourth-order valence-corrected chi connectivity index (χ4v) is 6.37. The summed E-state index contributed by atoms with van der Waals surface area (Å²) in [6, 6.07) is 15.5. The summed E-state index contributed by atoms with van der Waals surface area (Å²) in [4.78, 5) is 54.4. The maximum absolute atomic E-state index is 13.9. The Morgan fingerprint density at radius 1 is 1.03 bits per heavy atom. The molecule has 6 rings (SSSR count). The molecule has 190 valence electrons. The van der Waals surface area contributed by atoms with E-state index < -0.39 is 40.6 Å². The average Bonchev–Trinajstić information content (AvgIpc) is 3.32. The molecule has 10 heteroatoms. The Bertz CT molecular complexity index is 1580. The van der Waals surface area contributed by atoms with Crippen molar-refractivity contribution in [2.75, 3.05) is 27.4 Å². The van der Waals surface area contributed by atoms with Crippen LogP contribution in [0.1, 0.15) is 29.5 Å². The van der Waals surface area contributed by atoms with Crippen LogP contribution in [-0.2, 0) is 25.6 Å². The molecule has 10 nitrogen and oxygen atoms in total. The first-order valence-corrected chi connectivity index (χ1v) is 12.1. The lowest BCUT2D eigenvalue weighted by molar-refractivity contribution is -0.158. The zero-order valence-electron chi connectivity index (χ0n) is 20.5. The van der Waals surface area contributed by atoms with Crippen LogP contribution in [0.5, 0.6) is 0 Å². The third-order valence-corrected chi connectivity index (χ3v) is 7.90. The summed E-state index contributed by atoms with van der Waals surface area (Å²) in [5, 5.41) is 2.86. The van der Waals surface area contributed by atoms with Crippen molar-refractivity contribution in [2.45, 2.75) is 24.9 Å². The third kappa shape index (κ3) is 3.08. The fourth-order valence-electron chi connectivity index (χ4n) is 6.37. The summed E-state index contributed by atoms with van der Waals surface area (Å²) in [6.07, 6.45) is -0.0362. The average molecular weight is 503 g/mol. The van der Waals surface area contributed by atoms with Gasteiger partial charge < -0.3 is 14.8 Å². The Hall–Kier alpha value is -4.18. The van der Waals surface area contributed by atoms with Crippen LogP contribution in [0.3, 0.4) is 0 Å². The summed E-state index contributed by atoms with van der Waals surface area (Å²) >= 11 is 0. The van der Waals surface area contributed by atoms with E-state index in [1.54, 1.807) is 37.4 Å². The highest BCUT2D eigenvalue weighted by molar-refractivity contribution is 6.06. The van der Waals surface area contributed by atoms with E-state index in [-0.39, 0.29) is 26.1 Å². The Morgan fingerprint density at radius 2 is 1.76 bits per heavy atom. The van der Waals surface area contributed by atoms with Gasteiger partial charge in [-0.05, 0) is 40.8 Å². The summed E-state index contributed by atoms with van der Waals surface area (Å²) in [7, 11) is 2.83. The van der Waals surface area contributed by atoms with Crippen LogP contribution in [0.2, 0.25) is 0 Å². The highest BCUT2D eigenvalue weighted by Gasteiger charge is 2.61. The number of esters is 1. The van der Waals surface area contributed by atoms with E-state index in [0.29, 0.717) is 5.69 Å². The summed E-state index contributed by atoms with van der Waals surface area (Å²) in [5.74, 6) is -1.60. The van der Waals surface area contributed by atoms with Crippen LogP contribution in [0.4, 0.5) is 0 Å². The molecule has 0 bridgehead atoms. The zero-order chi connectivity index (χ0) is 25.9. The van der Waals surface area contributed by atoms with Crippen LogP contribution in [0.25, 0.3) is 11.3 Å². The van der Waals surface area contributed by atoms with Crippen LogP contribution in [-0.4, -0.2) is 53.2 Å². The molecule has 1 unspecified atom stereocenters. The number of benzene rings is 2. The van der Waals surface area contributed by atoms with Gasteiger partial charge in [0.25, 0.3) is 0 Å². The normalized spacial score (nSPS) is 23.9. The second kappa shape index (κ2) is 8.45. The van der Waals surface area contributed by atoms with Gasteiger partial charge in [-0.15, -0.1) is 0 Å². The van der Waals surface area contributed by atoms with Crippen molar-refractivity contribution in [1.82, 2.24) is 19.2 Å². The fraction of sp³-hybridized carbons (Fsp3) is 0.333. The molecule has 0 spiro atoms. The summed E-state index contributed by atoms with van der Waals surface area (Å²) in [6.45, 7) is 0.626. The van der Waals surface area contributed by atoms with Crippen molar-refractivity contribution in [1.29, 1.82) is 0 Å². The van der Waals surface area contributed by atoms with Crippen molar-refractivity contribution in [2.24, 2.45) is 5.41 Å². The molecule has 1 saturated heterocycles. The number of fused-ring (bicyclic) bond motifs is 7. The highest BCUT2D eigenvalue weighted by Crippen LogP contribution is 2.55. The first-order valence-electron chi connectivity index (χ1n) is 12.1. The van der Waals surface area contributed by atoms with Crippen LogP contribution < -0.4 is 16.7 Å². The summed E-state index contributed by atoms with van der Waals surface area (Å²) in [5.41, 5.74) is 1.11. The van der Waals surface area contributed by atoms with Gasteiger partial charge in [-0.25, -0.2) is 23.5 Å². The number of hydrogen-bond donors (Lipinski definition) is 1. The van der Waals surface area contributed by atoms with E-state index in [1.165, 1.54) is 16.5 Å². The van der Waals surface area contributed by atoms with Gasteiger partial charge in [-0.3, -0.25) is 9.59 Å². The predicted molar refractivity (Wildman–Crippen MR) is 133 cm³/mol. The van der Waals surface area contributed by atoms with Crippen molar-refractivity contribution < 1.29 is 19.1 Å². The van der Waals surface area contributed by atoms with Gasteiger partial charge in [0, 0.05) is 19.6 Å². The zero-order valence-corrected chi connectivity index (χ0v) is 20.5. The van der Waals surface area contributed by atoms with Crippen molar-refractivity contribution in [3.8, 4) is 5.69 Å². The van der Waals surface area contributed by atoms with E-state index in [2.05, 4.69) is 5.32 Å². The number of nitrogens with zero attached hydrogens (tertiary/aromatic N) is 3. The molecular weight excluding hydrogens is 476 g/mol. The van der Waals surface area contributed by atoms with E-state index in [9.17, 15) is 19.2 Å². The van der Waals surface area contributed by atoms with Gasteiger partial charge >= 0.3 is 17.3 Å². The Labute approximate surface area is 211 Å². The van der Waals surface area contributed by atoms with Crippen LogP contribution in [0, 0.1) is 5.41 Å². The number of ether oxygens (including phenoxy) is 2. The molecule has 2 aliphatic heterocycles. The molecule has 2 aromatic carbocycles. The van der Waals surface area contributed by atoms with Crippen LogP contribution in [0.15, 0.2) is 69.8 Å². The molecular formula is C27H26N4O6. The topological polar surface area (TPSA) is 114 Å². The standard InChI is InChI=1S/C27H26N4O6/c1-36-15-16-14-29-25(34)30(17-8-4-3-5-9-17)26(35)31(29)21-12-27(24(33)37-2)20(13-28-23(27)32)18-10-6-7-11-19(18)22(16)21/h3-11,20-21H,12-15H2,1-2H3,(H,28,32)/t20-,21-,27?/m0/s1. The quantitative estimate of drug-likeness (QED) is 0.424. The highest BCUT2D eigenvalue weighted by atomic mass is 16.5. The molecule has 1 aromatic heterocycles. The number of amides is 1. The molecule has 0 radical (unpaired) electrons. The van der Waals surface area contributed by atoms with Gasteiger partial charge in [0.05, 0.1) is 32.0 Å². The molecule has 1 aliphatic carbocycles. The van der Waals surface area contributed by atoms with Crippen molar-refractivity contribution >= 4 is 17.4 Å². The minimum atomic E-state index is -1.57. The Kier molecular flexibility index (Phi) is 5.30. The van der Waals surface area contributed by atoms with Gasteiger partial charge in [0.1, 0.15) is 0 Å². The van der Waals surface area contributed by atoms with Gasteiger partial charge in [-0.1, -0.05) is 42.5 Å². The first-order chi connectivity index (χ1) is 17.9. The first kappa shape index (κ1) is 23.2. The van der Waals surface area contributed by atoms with Crippen LogP contribution >= 0.6 is 0 Å². The lowest BCUT2D eigenvalue weighted by atomic mass is 9.71. The van der Waals surface area contributed by atoms with Gasteiger partial charge in [0.2, 0.25) is 5.91 Å². The lowest BCUT2D eigenvalue weighted by Crippen LogP contribution is -2.46. The molecule has 1 fully saturated rings. The molecule has 3 heterocycles. The minimum absolute atomic E-state index is 0.0362. The Balaban J connectivity index is 1.69. The number of rotatable bonds is 4. The molecule has 1 amide bonds. The van der Waals surface area contributed by atoms with E-state index >= 15 is 0 Å². The van der Waals surface area contributed by atoms with Gasteiger partial charge in [0.15, 0.2) is 5.41 Å². The number of carbonyl (C=O) groups excluding carboxylic acids is 2. The number of nitrogens with one attached hydrogen (secondary N) is 1. The number of para-hydroxylation sites is 1. The number of allylic oxidation sites excluding steroid dienone is 1. The van der Waals surface area contributed by atoms with Crippen molar-refractivity contribution in [3.63, 3.8) is 0 Å². The molecule has 3 aromatic rings.